The number of carbonyl (C=O) groups excluding carboxylic acids is 2. The van der Waals surface area contributed by atoms with Gasteiger partial charge in [0.25, 0.3) is 5.91 Å². The highest BCUT2D eigenvalue weighted by molar-refractivity contribution is 14.3. The fraction of sp³-hybridized carbons (Fsp3) is 0.525. The Morgan fingerprint density at radius 2 is 1.51 bits per heavy atom. The van der Waals surface area contributed by atoms with Crippen molar-refractivity contribution in [2.24, 2.45) is 5.73 Å². The van der Waals surface area contributed by atoms with Crippen LogP contribution in [0.15, 0.2) is 53.7 Å². The molecule has 0 aliphatic carbocycles. The second-order valence-electron chi connectivity index (χ2n) is 13.8. The molecule has 302 valence electrons. The first-order valence-corrected chi connectivity index (χ1v) is 27.4. The molecule has 0 bridgehead atoms. The number of tetrazole rings is 1. The zero-order valence-electron chi connectivity index (χ0n) is 32.1. The van der Waals surface area contributed by atoms with Gasteiger partial charge in [-0.2, -0.15) is 0 Å². The summed E-state index contributed by atoms with van der Waals surface area (Å²) in [4.78, 5) is 24.5. The third kappa shape index (κ3) is 15.4. The molecule has 3 aromatic carbocycles. The molecule has 1 aromatic heterocycles. The Morgan fingerprint density at radius 1 is 0.873 bits per heavy atom. The van der Waals surface area contributed by atoms with E-state index in [0.717, 1.165) is 29.8 Å². The molecule has 0 unspecified atom stereocenters. The number of fused-ring (bicyclic) bond motifs is 1. The highest BCUT2D eigenvalue weighted by Crippen LogP contribution is 2.64. The van der Waals surface area contributed by atoms with E-state index < -0.39 is 10.5 Å². The van der Waals surface area contributed by atoms with Crippen LogP contribution < -0.4 is 19.9 Å². The molecule has 4 aromatic rings. The van der Waals surface area contributed by atoms with Crippen LogP contribution in [0.25, 0.3) is 10.8 Å². The normalized spacial score (nSPS) is 11.9. The number of nitrogens with zero attached hydrogens (tertiary/aromatic N) is 3. The molecule has 0 atom stereocenters. The predicted molar refractivity (Wildman–Crippen MR) is 242 cm³/mol. The van der Waals surface area contributed by atoms with E-state index in [1.807, 2.05) is 31.2 Å². The number of hydrogen-bond acceptors (Lipinski definition) is 9. The van der Waals surface area contributed by atoms with Gasteiger partial charge in [0.05, 0.1) is 17.9 Å². The molecule has 0 aliphatic rings. The monoisotopic (exact) mass is 1020 g/mol. The number of nitrogens with one attached hydrogen (secondary N) is 2. The third-order valence-corrected chi connectivity index (χ3v) is 15.5. The molecular weight excluding hydrogens is 962 g/mol. The van der Waals surface area contributed by atoms with Crippen molar-refractivity contribution < 1.29 is 28.9 Å². The number of nitrogens with two attached hydrogens (primary N) is 1. The molecule has 0 radical (unpaired) electrons. The van der Waals surface area contributed by atoms with Gasteiger partial charge in [-0.1, -0.05) is 137 Å². The summed E-state index contributed by atoms with van der Waals surface area (Å²) < 4.78 is 15.9. The summed E-state index contributed by atoms with van der Waals surface area (Å²) in [6.07, 6.45) is 19.3. The molecule has 0 saturated heterocycles. The number of ether oxygens (including phenoxy) is 2. The number of anilines is 1. The smallest absolute Gasteiger partial charge is 0.360 e. The lowest BCUT2D eigenvalue weighted by Gasteiger charge is -2.30. The summed E-state index contributed by atoms with van der Waals surface area (Å²) >= 11 is 6.57. The van der Waals surface area contributed by atoms with Crippen LogP contribution >= 0.6 is 58.7 Å². The fourth-order valence-corrected chi connectivity index (χ4v) is 11.5. The number of unbranched alkanes of at least 4 members (excludes halogenated alkanes) is 13. The first kappa shape index (κ1) is 45.2. The number of aromatic amines is 1. The van der Waals surface area contributed by atoms with E-state index >= 15 is 0 Å². The van der Waals surface area contributed by atoms with E-state index in [2.05, 4.69) is 75.6 Å². The molecule has 4 rings (SSSR count). The predicted octanol–water partition coefficient (Wildman–Crippen LogP) is 11.4. The number of carbonyl (C=O) groups is 2. The maximum atomic E-state index is 12.3. The minimum Gasteiger partial charge on any atom is -0.506 e. The van der Waals surface area contributed by atoms with Gasteiger partial charge in [0, 0.05) is 64.7 Å². The topological polar surface area (TPSA) is 156 Å². The number of halogens is 2. The van der Waals surface area contributed by atoms with E-state index in [4.69, 9.17) is 15.2 Å². The lowest BCUT2D eigenvalue weighted by Crippen LogP contribution is -2.42. The van der Waals surface area contributed by atoms with Gasteiger partial charge < -0.3 is 25.0 Å². The quantitative estimate of drug-likeness (QED) is 0.0150. The van der Waals surface area contributed by atoms with Crippen LogP contribution in [-0.2, 0) is 21.8 Å². The summed E-state index contributed by atoms with van der Waals surface area (Å²) in [6.45, 7) is 4.59. The average molecular weight is 1020 g/mol. The first-order chi connectivity index (χ1) is 26.6. The number of amides is 1. The number of aromatic hydroxyl groups is 1. The van der Waals surface area contributed by atoms with Gasteiger partial charge in [0.15, 0.2) is 17.5 Å². The lowest BCUT2D eigenvalue weighted by atomic mass is 10.0. The number of phenols is 1. The van der Waals surface area contributed by atoms with Crippen molar-refractivity contribution in [3.05, 3.63) is 59.7 Å². The second kappa shape index (κ2) is 24.3. The van der Waals surface area contributed by atoms with E-state index in [1.165, 1.54) is 101 Å². The molecule has 0 saturated carbocycles. The fourth-order valence-electron chi connectivity index (χ4n) is 6.21. The summed E-state index contributed by atoms with van der Waals surface area (Å²) in [5.41, 5.74) is 7.47. The molecular formula is C40H57I2N6O5S2+. The highest BCUT2D eigenvalue weighted by Gasteiger charge is 2.23. The Hall–Kier alpha value is -2.51. The summed E-state index contributed by atoms with van der Waals surface area (Å²) in [7, 11) is 0. The molecule has 5 N–H and O–H groups in total. The van der Waals surface area contributed by atoms with Crippen molar-refractivity contribution in [2.75, 3.05) is 17.1 Å². The number of aromatic nitrogens is 4. The number of H-pyrrole nitrogens is 1. The van der Waals surface area contributed by atoms with Crippen molar-refractivity contribution in [2.45, 2.75) is 128 Å². The van der Waals surface area contributed by atoms with Crippen LogP contribution in [0.1, 0.15) is 126 Å². The maximum absolute atomic E-state index is 12.3. The largest absolute Gasteiger partial charge is 0.506 e. The Kier molecular flexibility index (Phi) is 20.0. The Labute approximate surface area is 356 Å². The maximum Gasteiger partial charge on any atom is 0.360 e. The van der Waals surface area contributed by atoms with Gasteiger partial charge in [-0.3, -0.25) is 4.79 Å². The van der Waals surface area contributed by atoms with Crippen molar-refractivity contribution in [3.8, 4) is 17.2 Å². The molecule has 11 nitrogen and oxygen atoms in total. The number of primary amides is 1. The van der Waals surface area contributed by atoms with Crippen molar-refractivity contribution in [3.63, 3.8) is 0 Å². The molecule has 1 amide bonds. The van der Waals surface area contributed by atoms with Gasteiger partial charge >= 0.3 is 11.1 Å². The molecule has 0 fully saturated rings. The number of hydrogen-bond donors (Lipinski definition) is 4. The Bertz CT molecular complexity index is 1810. The molecule has 0 spiro atoms. The zero-order valence-corrected chi connectivity index (χ0v) is 38.1. The van der Waals surface area contributed by atoms with E-state index in [-0.39, 0.29) is 23.8 Å². The lowest BCUT2D eigenvalue weighted by molar-refractivity contribution is -0.777. The van der Waals surface area contributed by atoms with Gasteiger partial charge in [0.1, 0.15) is 16.6 Å². The van der Waals surface area contributed by atoms with Crippen LogP contribution in [0.5, 0.6) is 17.2 Å². The molecule has 1 heterocycles. The number of rotatable bonds is 27. The van der Waals surface area contributed by atoms with Crippen LogP contribution in [0.4, 0.5) is 5.69 Å². The summed E-state index contributed by atoms with van der Waals surface area (Å²) in [6, 6.07) is 14.7. The van der Waals surface area contributed by atoms with Crippen molar-refractivity contribution >= 4 is 87.1 Å². The number of benzene rings is 3. The number of thioether (sulfide) groups is 1. The SMILES string of the molecule is CCCCCCCCCCCCCCCCS(I)(I)Nc1cc(CSc2nn[nH][n+]2CC(=O)OCCC)ccc1Oc1cc(C(N)=O)c(O)c2ccccc12. The third-order valence-electron chi connectivity index (χ3n) is 9.18. The summed E-state index contributed by atoms with van der Waals surface area (Å²) in [5, 5.41) is 23.4. The van der Waals surface area contributed by atoms with Gasteiger partial charge in [0.2, 0.25) is 0 Å². The van der Waals surface area contributed by atoms with Crippen molar-refractivity contribution in [1.82, 2.24) is 15.5 Å². The van der Waals surface area contributed by atoms with E-state index in [0.29, 0.717) is 39.8 Å². The minimum absolute atomic E-state index is 0.00238. The first-order valence-electron chi connectivity index (χ1n) is 19.5. The highest BCUT2D eigenvalue weighted by atomic mass is 127. The molecule has 55 heavy (non-hydrogen) atoms. The van der Waals surface area contributed by atoms with Crippen LogP contribution in [0.3, 0.4) is 0 Å². The minimum atomic E-state index is -1.33. The van der Waals surface area contributed by atoms with Crippen LogP contribution in [-0.4, -0.2) is 44.9 Å². The van der Waals surface area contributed by atoms with Gasteiger partial charge in [-0.15, -0.1) is 4.68 Å². The second-order valence-corrected chi connectivity index (χ2v) is 30.6. The summed E-state index contributed by atoms with van der Waals surface area (Å²) in [5.74, 6) is 1.34. The van der Waals surface area contributed by atoms with Crippen LogP contribution in [0.2, 0.25) is 0 Å². The van der Waals surface area contributed by atoms with Crippen LogP contribution in [0, 0.1) is 0 Å². The van der Waals surface area contributed by atoms with Gasteiger partial charge in [-0.25, -0.2) is 4.79 Å². The Balaban J connectivity index is 1.41. The standard InChI is InChI=1S/C40H56I2N6O5S2/c1-3-5-6-7-8-9-10-11-12-13-14-15-16-19-25-55(41,42)45-34-26-30(29-54-40-44-46-47-48(40)28-37(49)52-24-4-2)22-23-35(34)53-36-27-33(39(43)51)38(50)32-21-18-17-20-31(32)36/h17-18,20-23,26-27,45H,3-16,19,24-25,28-29H2,1-2H3,(H3,43,50,51)/p+1. The van der Waals surface area contributed by atoms with E-state index in [9.17, 15) is 14.7 Å². The van der Waals surface area contributed by atoms with E-state index in [1.54, 1.807) is 16.8 Å². The van der Waals surface area contributed by atoms with Crippen molar-refractivity contribution in [1.29, 1.82) is 0 Å². The average Bonchev–Trinajstić information content (AvgIpc) is 3.61. The molecule has 0 aliphatic heterocycles. The molecule has 15 heteroatoms. The Morgan fingerprint density at radius 3 is 2.15 bits per heavy atom. The van der Waals surface area contributed by atoms with Gasteiger partial charge in [-0.05, 0) is 48.4 Å². The zero-order chi connectivity index (χ0) is 39.5. The number of esters is 1.